The molecule has 3 aromatic rings. The van der Waals surface area contributed by atoms with Crippen molar-refractivity contribution in [2.45, 2.75) is 56.2 Å². The van der Waals surface area contributed by atoms with Crippen LogP contribution in [0.2, 0.25) is 0 Å². The summed E-state index contributed by atoms with van der Waals surface area (Å²) < 4.78 is 24.2. The Morgan fingerprint density at radius 3 is 2.42 bits per heavy atom. The average molecular weight is 635 g/mol. The van der Waals surface area contributed by atoms with Gasteiger partial charge in [-0.25, -0.2) is 0 Å². The molecule has 240 valence electrons. The molecule has 0 bridgehead atoms. The van der Waals surface area contributed by atoms with Crippen LogP contribution < -0.4 is 14.8 Å². The molecule has 6 rings (SSSR count). The molecule has 2 aromatic carbocycles. The first-order valence-electron chi connectivity index (χ1n) is 15.3. The van der Waals surface area contributed by atoms with Gasteiger partial charge in [-0.2, -0.15) is 0 Å². The van der Waals surface area contributed by atoms with Crippen molar-refractivity contribution in [1.82, 2.24) is 14.8 Å². The number of hydrogen-bond acceptors (Lipinski definition) is 6. The topological polar surface area (TPSA) is 135 Å². The van der Waals surface area contributed by atoms with Crippen LogP contribution in [0.3, 0.4) is 0 Å². The lowest BCUT2D eigenvalue weighted by atomic mass is 10.0. The first-order valence-corrected chi connectivity index (χ1v) is 16.6. The van der Waals surface area contributed by atoms with Crippen LogP contribution in [0, 0.1) is 13.8 Å². The van der Waals surface area contributed by atoms with E-state index in [1.54, 1.807) is 32.4 Å². The van der Waals surface area contributed by atoms with Crippen LogP contribution in [0.1, 0.15) is 64.1 Å². The number of carbonyl (C=O) groups excluding carboxylic acids is 2. The molecule has 10 nitrogen and oxygen atoms in total. The van der Waals surface area contributed by atoms with Gasteiger partial charge < -0.3 is 35.1 Å². The number of ether oxygens (including phenoxy) is 2. The number of nitrogens with zero attached hydrogens (tertiary/aromatic N) is 2. The number of benzene rings is 2. The van der Waals surface area contributed by atoms with Crippen LogP contribution in [0.15, 0.2) is 41.3 Å². The average Bonchev–Trinajstić information content (AvgIpc) is 3.81. The molecule has 0 spiro atoms. The fourth-order valence-corrected chi connectivity index (χ4v) is 7.83. The fraction of sp³-hybridized carbons (Fsp3) is 0.412. The lowest BCUT2D eigenvalue weighted by Gasteiger charge is -2.28. The van der Waals surface area contributed by atoms with E-state index in [1.165, 1.54) is 12.8 Å². The van der Waals surface area contributed by atoms with Crippen LogP contribution >= 0.6 is 0 Å². The highest BCUT2D eigenvalue weighted by Crippen LogP contribution is 2.36. The molecule has 3 aliphatic rings. The van der Waals surface area contributed by atoms with Crippen molar-refractivity contribution in [2.24, 2.45) is 0 Å². The third-order valence-corrected chi connectivity index (χ3v) is 10.4. The van der Waals surface area contributed by atoms with Crippen LogP contribution in [-0.2, 0) is 21.3 Å². The van der Waals surface area contributed by atoms with Gasteiger partial charge in [0.2, 0.25) is 0 Å². The number of anilines is 1. The Balaban J connectivity index is 0.00000400. The number of H-pyrrole nitrogens is 1. The van der Waals surface area contributed by atoms with Gasteiger partial charge in [-0.15, -0.1) is 0 Å². The molecule has 2 atom stereocenters. The first-order chi connectivity index (χ1) is 21.2. The Labute approximate surface area is 266 Å². The molecular formula is C34H42N4O6S. The minimum atomic E-state index is -1.38. The predicted molar refractivity (Wildman–Crippen MR) is 176 cm³/mol. The van der Waals surface area contributed by atoms with Crippen molar-refractivity contribution in [1.29, 1.82) is 0 Å². The maximum absolute atomic E-state index is 13.9. The van der Waals surface area contributed by atoms with Crippen molar-refractivity contribution < 1.29 is 28.7 Å². The number of aryl methyl sites for hydroxylation is 1. The number of amides is 2. The van der Waals surface area contributed by atoms with Gasteiger partial charge in [0.1, 0.15) is 11.5 Å². The fourth-order valence-electron chi connectivity index (χ4n) is 6.72. The zero-order chi connectivity index (χ0) is 31.0. The highest BCUT2D eigenvalue weighted by atomic mass is 32.2. The summed E-state index contributed by atoms with van der Waals surface area (Å²) in [7, 11) is 1.79. The van der Waals surface area contributed by atoms with Gasteiger partial charge >= 0.3 is 0 Å². The first kappa shape index (κ1) is 32.5. The van der Waals surface area contributed by atoms with E-state index >= 15 is 0 Å². The summed E-state index contributed by atoms with van der Waals surface area (Å²) >= 11 is 0. The maximum Gasteiger partial charge on any atom is 0.256 e. The molecule has 2 saturated heterocycles. The molecule has 0 saturated carbocycles. The van der Waals surface area contributed by atoms with E-state index in [1.807, 2.05) is 38.1 Å². The summed E-state index contributed by atoms with van der Waals surface area (Å²) in [6.45, 7) is 7.81. The molecule has 1 aromatic heterocycles. The van der Waals surface area contributed by atoms with Crippen molar-refractivity contribution in [3.05, 3.63) is 70.0 Å². The van der Waals surface area contributed by atoms with Crippen LogP contribution in [0.5, 0.6) is 11.5 Å². The van der Waals surface area contributed by atoms with Gasteiger partial charge in [0.25, 0.3) is 11.8 Å². The number of carbonyl (C=O) groups is 2. The summed E-state index contributed by atoms with van der Waals surface area (Å²) in [5.41, 5.74) is 5.70. The molecule has 4 heterocycles. The Bertz CT molecular complexity index is 1640. The summed E-state index contributed by atoms with van der Waals surface area (Å²) in [5.74, 6) is 1.36. The molecule has 2 amide bonds. The molecule has 2 fully saturated rings. The number of likely N-dealkylation sites (tertiary alicyclic amines) is 2. The number of aromatic amines is 1. The van der Waals surface area contributed by atoms with E-state index in [4.69, 9.17) is 9.47 Å². The lowest BCUT2D eigenvalue weighted by Crippen LogP contribution is -2.42. The van der Waals surface area contributed by atoms with E-state index in [2.05, 4.69) is 20.1 Å². The van der Waals surface area contributed by atoms with Gasteiger partial charge in [0, 0.05) is 52.7 Å². The minimum Gasteiger partial charge on any atom is -0.497 e. The van der Waals surface area contributed by atoms with E-state index in [9.17, 15) is 13.8 Å². The second kappa shape index (κ2) is 13.6. The molecular weight excluding hydrogens is 592 g/mol. The molecule has 45 heavy (non-hydrogen) atoms. The smallest absolute Gasteiger partial charge is 0.256 e. The maximum atomic E-state index is 13.9. The monoisotopic (exact) mass is 634 g/mol. The zero-order valence-corrected chi connectivity index (χ0v) is 27.1. The van der Waals surface area contributed by atoms with Gasteiger partial charge in [-0.05, 0) is 100 Å². The van der Waals surface area contributed by atoms with Crippen molar-refractivity contribution in [3.63, 3.8) is 0 Å². The standard InChI is InChI=1S/C34H40N4O5S.H2O/c1-21-31(35-22(2)32(21)34(40)38-13-7-8-24(38)19-37-11-5-6-12-37)18-29-28-17-27(9-10-30(28)36-33(29)39)44(41)20-23-14-25(42-3)16-26(15-23)43-4;/h9-10,14-18,24,35H,5-8,11-13,19-20H2,1-4H3,(H,36,39);1H2/b29-18-;/t24-,44?;/m1./s1. The van der Waals surface area contributed by atoms with Crippen LogP contribution in [0.4, 0.5) is 5.69 Å². The summed E-state index contributed by atoms with van der Waals surface area (Å²) in [6.07, 6.45) is 6.34. The normalized spacial score (nSPS) is 19.4. The molecule has 1 unspecified atom stereocenters. The minimum absolute atomic E-state index is 0. The lowest BCUT2D eigenvalue weighted by molar-refractivity contribution is -0.110. The van der Waals surface area contributed by atoms with Gasteiger partial charge in [-0.3, -0.25) is 13.8 Å². The van der Waals surface area contributed by atoms with Gasteiger partial charge in [-0.1, -0.05) is 0 Å². The zero-order valence-electron chi connectivity index (χ0n) is 26.3. The Hall–Kier alpha value is -3.93. The highest BCUT2D eigenvalue weighted by Gasteiger charge is 2.34. The quantitative estimate of drug-likeness (QED) is 0.337. The SMILES string of the molecule is COc1cc(CS(=O)c2ccc3c(c2)/C(=C/c2[nH]c(C)c(C(=O)N4CCC[C@@H]4CN4CCCC4)c2C)C(=O)N3)cc(OC)c1.O. The summed E-state index contributed by atoms with van der Waals surface area (Å²) in [6, 6.07) is 11.1. The number of methoxy groups -OCH3 is 2. The Kier molecular flexibility index (Phi) is 9.81. The number of fused-ring (bicyclic) bond motifs is 1. The molecule has 0 radical (unpaired) electrons. The number of aromatic nitrogens is 1. The number of hydrogen-bond donors (Lipinski definition) is 2. The van der Waals surface area contributed by atoms with Gasteiger partial charge in [0.15, 0.2) is 0 Å². The third kappa shape index (κ3) is 6.56. The second-order valence-corrected chi connectivity index (χ2v) is 13.3. The van der Waals surface area contributed by atoms with Crippen LogP contribution in [0.25, 0.3) is 11.6 Å². The number of rotatable bonds is 9. The molecule has 0 aliphatic carbocycles. The van der Waals surface area contributed by atoms with Crippen molar-refractivity contribution in [3.8, 4) is 11.5 Å². The highest BCUT2D eigenvalue weighted by molar-refractivity contribution is 7.84. The largest absolute Gasteiger partial charge is 0.497 e. The summed E-state index contributed by atoms with van der Waals surface area (Å²) in [4.78, 5) is 35.5. The van der Waals surface area contributed by atoms with Crippen LogP contribution in [-0.4, -0.2) is 82.7 Å². The number of nitrogens with one attached hydrogen (secondary N) is 2. The van der Waals surface area contributed by atoms with E-state index < -0.39 is 10.8 Å². The third-order valence-electron chi connectivity index (χ3n) is 9.03. The van der Waals surface area contributed by atoms with Crippen molar-refractivity contribution >= 4 is 40.0 Å². The molecule has 11 heteroatoms. The second-order valence-electron chi connectivity index (χ2n) is 11.9. The summed E-state index contributed by atoms with van der Waals surface area (Å²) in [5, 5.41) is 2.93. The van der Waals surface area contributed by atoms with Crippen molar-refractivity contribution in [2.75, 3.05) is 45.7 Å². The van der Waals surface area contributed by atoms with E-state index in [-0.39, 0.29) is 29.1 Å². The Morgan fingerprint density at radius 1 is 1.02 bits per heavy atom. The molecule has 4 N–H and O–H groups in total. The van der Waals surface area contributed by atoms with E-state index in [0.29, 0.717) is 38.8 Å². The Morgan fingerprint density at radius 2 is 1.73 bits per heavy atom. The molecule has 3 aliphatic heterocycles. The van der Waals surface area contributed by atoms with Gasteiger partial charge in [0.05, 0.1) is 41.9 Å². The predicted octanol–water partition coefficient (Wildman–Crippen LogP) is 4.32. The van der Waals surface area contributed by atoms with E-state index in [0.717, 1.165) is 61.5 Å².